The lowest BCUT2D eigenvalue weighted by atomic mass is 10.2. The first kappa shape index (κ1) is 17.7. The number of nitrogens with zero attached hydrogens (tertiary/aromatic N) is 1. The van der Waals surface area contributed by atoms with Crippen molar-refractivity contribution in [1.82, 2.24) is 4.72 Å². The fourth-order valence-electron chi connectivity index (χ4n) is 1.63. The highest BCUT2D eigenvalue weighted by atomic mass is 32.2. The summed E-state index contributed by atoms with van der Waals surface area (Å²) in [7, 11) is -5.01. The molecule has 118 valence electrons. The van der Waals surface area contributed by atoms with Crippen molar-refractivity contribution < 1.29 is 21.9 Å². The first-order valence-electron chi connectivity index (χ1n) is 5.89. The summed E-state index contributed by atoms with van der Waals surface area (Å²) in [5, 5.41) is 10.7. The molecule has 1 atom stereocenters. The highest BCUT2D eigenvalue weighted by Crippen LogP contribution is 2.25. The number of rotatable bonds is 7. The molecule has 21 heavy (non-hydrogen) atoms. The molecule has 0 radical (unpaired) electrons. The Balaban J connectivity index is 3.00. The quantitative estimate of drug-likeness (QED) is 0.455. The second-order valence-corrected chi connectivity index (χ2v) is 7.64. The Bertz CT molecular complexity index is 675. The molecule has 0 spiro atoms. The Morgan fingerprint density at radius 3 is 2.57 bits per heavy atom. The van der Waals surface area contributed by atoms with Gasteiger partial charge in [0.2, 0.25) is 15.8 Å². The van der Waals surface area contributed by atoms with Crippen molar-refractivity contribution in [2.24, 2.45) is 0 Å². The van der Waals surface area contributed by atoms with Gasteiger partial charge in [0.15, 0.2) is 0 Å². The highest BCUT2D eigenvalue weighted by Gasteiger charge is 2.23. The van der Waals surface area contributed by atoms with Gasteiger partial charge in [-0.05, 0) is 25.0 Å². The molecule has 1 aromatic carbocycles. The van der Waals surface area contributed by atoms with Gasteiger partial charge in [0.25, 0.3) is 0 Å². The molecule has 7 nitrogen and oxygen atoms in total. The van der Waals surface area contributed by atoms with E-state index in [1.54, 1.807) is 0 Å². The smallest absolute Gasteiger partial charge is 0.260 e. The lowest BCUT2D eigenvalue weighted by Gasteiger charge is -2.09. The van der Waals surface area contributed by atoms with Crippen molar-refractivity contribution in [2.75, 3.05) is 18.6 Å². The molecule has 0 aliphatic rings. The minimum atomic E-state index is -3.98. The maximum atomic E-state index is 13.4. The summed E-state index contributed by atoms with van der Waals surface area (Å²) in [6.07, 6.45) is 1.87. The van der Waals surface area contributed by atoms with Gasteiger partial charge < -0.3 is 0 Å². The normalized spacial score (nSPS) is 13.1. The number of nitro benzene ring substituents is 1. The molecule has 1 rings (SSSR count). The lowest BCUT2D eigenvalue weighted by Crippen LogP contribution is -2.26. The Kier molecular flexibility index (Phi) is 5.93. The van der Waals surface area contributed by atoms with Crippen molar-refractivity contribution >= 4 is 26.5 Å². The number of nitro groups is 1. The second-order valence-electron chi connectivity index (χ2n) is 4.35. The topological polar surface area (TPSA) is 106 Å². The lowest BCUT2D eigenvalue weighted by molar-refractivity contribution is -0.387. The van der Waals surface area contributed by atoms with E-state index in [1.807, 2.05) is 0 Å². The second kappa shape index (κ2) is 7.05. The number of hydrogen-bond acceptors (Lipinski definition) is 5. The number of halogens is 1. The van der Waals surface area contributed by atoms with Crippen LogP contribution in [0.25, 0.3) is 0 Å². The summed E-state index contributed by atoms with van der Waals surface area (Å²) in [4.78, 5) is 9.35. The molecule has 1 aromatic rings. The number of nitrogens with one attached hydrogen (secondary N) is 1. The monoisotopic (exact) mass is 338 g/mol. The van der Waals surface area contributed by atoms with E-state index in [0.29, 0.717) is 18.2 Å². The predicted octanol–water partition coefficient (Wildman–Crippen LogP) is 1.09. The standard InChI is InChI=1S/C11H15FN2O5S2/c1-8-6-9(12)10(14(15)16)7-11(8)21(18,19)13-4-3-5-20(2)17/h6-7,13H,3-5H2,1-2H3. The summed E-state index contributed by atoms with van der Waals surface area (Å²) in [6, 6.07) is 1.51. The molecule has 0 heterocycles. The van der Waals surface area contributed by atoms with Crippen molar-refractivity contribution in [2.45, 2.75) is 18.2 Å². The van der Waals surface area contributed by atoms with Crippen LogP contribution in [0.5, 0.6) is 0 Å². The largest absolute Gasteiger partial charge is 0.306 e. The van der Waals surface area contributed by atoms with Crippen LogP contribution < -0.4 is 4.72 Å². The van der Waals surface area contributed by atoms with Crippen LogP contribution in [0.2, 0.25) is 0 Å². The third kappa shape index (κ3) is 4.83. The van der Waals surface area contributed by atoms with Crippen molar-refractivity contribution in [3.05, 3.63) is 33.6 Å². The van der Waals surface area contributed by atoms with Gasteiger partial charge in [0.1, 0.15) is 0 Å². The fraction of sp³-hybridized carbons (Fsp3) is 0.455. The van der Waals surface area contributed by atoms with Crippen molar-refractivity contribution in [3.63, 3.8) is 0 Å². The molecule has 1 N–H and O–H groups in total. The molecule has 10 heteroatoms. The van der Waals surface area contributed by atoms with E-state index >= 15 is 0 Å². The van der Waals surface area contributed by atoms with E-state index < -0.39 is 37.3 Å². The van der Waals surface area contributed by atoms with Crippen LogP contribution in [0, 0.1) is 22.9 Å². The Labute approximate surface area is 124 Å². The van der Waals surface area contributed by atoms with Crippen LogP contribution in [0.1, 0.15) is 12.0 Å². The third-order valence-electron chi connectivity index (χ3n) is 2.63. The van der Waals surface area contributed by atoms with Gasteiger partial charge in [0, 0.05) is 35.4 Å². The van der Waals surface area contributed by atoms with Gasteiger partial charge >= 0.3 is 5.69 Å². The van der Waals surface area contributed by atoms with E-state index in [2.05, 4.69) is 4.72 Å². The van der Waals surface area contributed by atoms with Crippen LogP contribution >= 0.6 is 0 Å². The summed E-state index contributed by atoms with van der Waals surface area (Å²) >= 11 is 0. The Morgan fingerprint density at radius 1 is 1.43 bits per heavy atom. The molecule has 0 aromatic heterocycles. The number of benzene rings is 1. The van der Waals surface area contributed by atoms with Crippen LogP contribution in [0.3, 0.4) is 0 Å². The van der Waals surface area contributed by atoms with E-state index in [9.17, 15) is 27.1 Å². The molecular formula is C11H15FN2O5S2. The van der Waals surface area contributed by atoms with Gasteiger partial charge in [0.05, 0.1) is 9.82 Å². The molecule has 0 amide bonds. The molecule has 0 fully saturated rings. The number of sulfonamides is 1. The van der Waals surface area contributed by atoms with Gasteiger partial charge in [-0.15, -0.1) is 0 Å². The third-order valence-corrected chi connectivity index (χ3v) is 5.10. The molecule has 0 aliphatic heterocycles. The molecule has 0 bridgehead atoms. The maximum absolute atomic E-state index is 13.4. The summed E-state index contributed by atoms with van der Waals surface area (Å²) < 4.78 is 50.6. The highest BCUT2D eigenvalue weighted by molar-refractivity contribution is 7.89. The van der Waals surface area contributed by atoms with Gasteiger partial charge in [-0.2, -0.15) is 4.39 Å². The van der Waals surface area contributed by atoms with E-state index in [1.165, 1.54) is 13.2 Å². The zero-order chi connectivity index (χ0) is 16.2. The minimum absolute atomic E-state index is 0.0481. The van der Waals surface area contributed by atoms with Gasteiger partial charge in [-0.3, -0.25) is 14.3 Å². The maximum Gasteiger partial charge on any atom is 0.306 e. The molecule has 0 saturated carbocycles. The van der Waals surface area contributed by atoms with Crippen LogP contribution in [0.4, 0.5) is 10.1 Å². The number of aryl methyl sites for hydroxylation is 1. The Morgan fingerprint density at radius 2 is 2.05 bits per heavy atom. The molecular weight excluding hydrogens is 323 g/mol. The molecule has 1 unspecified atom stereocenters. The summed E-state index contributed by atoms with van der Waals surface area (Å²) in [6.45, 7) is 1.40. The SMILES string of the molecule is Cc1cc(F)c([N+](=O)[O-])cc1S(=O)(=O)NCCCS(C)=O. The van der Waals surface area contributed by atoms with E-state index in [4.69, 9.17) is 0 Å². The minimum Gasteiger partial charge on any atom is -0.260 e. The molecule has 0 aliphatic carbocycles. The van der Waals surface area contributed by atoms with E-state index in [0.717, 1.165) is 6.07 Å². The zero-order valence-electron chi connectivity index (χ0n) is 11.5. The average molecular weight is 338 g/mol. The van der Waals surface area contributed by atoms with Crippen LogP contribution in [-0.2, 0) is 20.8 Å². The Hall–Kier alpha value is -1.39. The van der Waals surface area contributed by atoms with Crippen LogP contribution in [0.15, 0.2) is 17.0 Å². The van der Waals surface area contributed by atoms with Crippen molar-refractivity contribution in [1.29, 1.82) is 0 Å². The van der Waals surface area contributed by atoms with Gasteiger partial charge in [-0.1, -0.05) is 0 Å². The predicted molar refractivity (Wildman–Crippen MR) is 76.5 cm³/mol. The number of hydrogen-bond donors (Lipinski definition) is 1. The fourth-order valence-corrected chi connectivity index (χ4v) is 3.50. The molecule has 0 saturated heterocycles. The van der Waals surface area contributed by atoms with Crippen LogP contribution in [-0.4, -0.2) is 36.1 Å². The zero-order valence-corrected chi connectivity index (χ0v) is 13.1. The van der Waals surface area contributed by atoms with E-state index in [-0.39, 0.29) is 17.0 Å². The first-order valence-corrected chi connectivity index (χ1v) is 9.10. The first-order chi connectivity index (χ1) is 9.65. The summed E-state index contributed by atoms with van der Waals surface area (Å²) in [5.74, 6) is -0.747. The van der Waals surface area contributed by atoms with Gasteiger partial charge in [-0.25, -0.2) is 13.1 Å². The summed E-state index contributed by atoms with van der Waals surface area (Å²) in [5.41, 5.74) is -0.819. The average Bonchev–Trinajstić information content (AvgIpc) is 2.33. The van der Waals surface area contributed by atoms with Crippen molar-refractivity contribution in [3.8, 4) is 0 Å².